The van der Waals surface area contributed by atoms with Crippen molar-refractivity contribution in [1.29, 1.82) is 0 Å². The molecule has 0 bridgehead atoms. The van der Waals surface area contributed by atoms with E-state index in [1.54, 1.807) is 24.3 Å². The van der Waals surface area contributed by atoms with Crippen LogP contribution in [0.5, 0.6) is 0 Å². The highest BCUT2D eigenvalue weighted by molar-refractivity contribution is 6.30. The van der Waals surface area contributed by atoms with Gasteiger partial charge in [-0.05, 0) is 24.3 Å². The first-order valence-electron chi connectivity index (χ1n) is 8.44. The molecule has 1 aliphatic heterocycles. The van der Waals surface area contributed by atoms with Gasteiger partial charge in [0.2, 0.25) is 5.91 Å². The number of nitrogens with one attached hydrogen (secondary N) is 3. The van der Waals surface area contributed by atoms with Crippen molar-refractivity contribution in [2.75, 3.05) is 25.0 Å². The summed E-state index contributed by atoms with van der Waals surface area (Å²) in [6, 6.07) is 7.33. The minimum atomic E-state index is -0.359. The Hall–Kier alpha value is -1.59. The van der Waals surface area contributed by atoms with Gasteiger partial charge in [-0.3, -0.25) is 9.59 Å². The van der Waals surface area contributed by atoms with E-state index in [0.717, 1.165) is 31.6 Å². The van der Waals surface area contributed by atoms with Crippen LogP contribution < -0.4 is 15.5 Å². The maximum Gasteiger partial charge on any atom is 0.279 e. The number of anilines is 1. The largest absolute Gasteiger partial charge is 0.352 e. The molecule has 0 spiro atoms. The molecule has 132 valence electrons. The van der Waals surface area contributed by atoms with Crippen LogP contribution in [0, 0.1) is 5.41 Å². The Balaban J connectivity index is 1.73. The van der Waals surface area contributed by atoms with Gasteiger partial charge in [0.05, 0.1) is 13.1 Å². The van der Waals surface area contributed by atoms with Gasteiger partial charge in [0.15, 0.2) is 6.54 Å². The molecule has 0 unspecified atom stereocenters. The first-order valence-corrected chi connectivity index (χ1v) is 8.82. The van der Waals surface area contributed by atoms with Gasteiger partial charge in [0.1, 0.15) is 0 Å². The van der Waals surface area contributed by atoms with E-state index in [4.69, 9.17) is 11.6 Å². The van der Waals surface area contributed by atoms with Crippen LogP contribution in [0.4, 0.5) is 5.69 Å². The molecule has 0 aromatic heterocycles. The Labute approximate surface area is 148 Å². The van der Waals surface area contributed by atoms with Crippen molar-refractivity contribution in [3.8, 4) is 0 Å². The van der Waals surface area contributed by atoms with Crippen molar-refractivity contribution in [1.82, 2.24) is 5.32 Å². The number of amides is 2. The van der Waals surface area contributed by atoms with E-state index in [0.29, 0.717) is 11.6 Å². The molecule has 24 heavy (non-hydrogen) atoms. The van der Waals surface area contributed by atoms with Crippen molar-refractivity contribution in [2.24, 2.45) is 5.41 Å². The van der Waals surface area contributed by atoms with Gasteiger partial charge in [-0.2, -0.15) is 0 Å². The van der Waals surface area contributed by atoms with Gasteiger partial charge in [-0.15, -0.1) is 0 Å². The summed E-state index contributed by atoms with van der Waals surface area (Å²) in [4.78, 5) is 25.4. The second kappa shape index (κ2) is 7.99. The Morgan fingerprint density at radius 2 is 1.75 bits per heavy atom. The number of carbonyl (C=O) groups is 2. The highest BCUT2D eigenvalue weighted by Crippen LogP contribution is 2.14. The van der Waals surface area contributed by atoms with Crippen LogP contribution in [0.25, 0.3) is 0 Å². The van der Waals surface area contributed by atoms with E-state index in [1.165, 1.54) is 4.90 Å². The van der Waals surface area contributed by atoms with Crippen LogP contribution in [0.3, 0.4) is 0 Å². The summed E-state index contributed by atoms with van der Waals surface area (Å²) in [7, 11) is 0. The lowest BCUT2D eigenvalue weighted by molar-refractivity contribution is -0.897. The third-order valence-electron chi connectivity index (χ3n) is 4.25. The van der Waals surface area contributed by atoms with Crippen molar-refractivity contribution in [3.05, 3.63) is 29.3 Å². The maximum absolute atomic E-state index is 12.1. The van der Waals surface area contributed by atoms with Crippen LogP contribution in [0.2, 0.25) is 5.02 Å². The molecule has 0 saturated carbocycles. The lowest BCUT2D eigenvalue weighted by atomic mass is 9.94. The van der Waals surface area contributed by atoms with E-state index in [1.807, 2.05) is 20.8 Å². The van der Waals surface area contributed by atoms with Crippen molar-refractivity contribution in [3.63, 3.8) is 0 Å². The zero-order valence-electron chi connectivity index (χ0n) is 14.6. The fraction of sp³-hybridized carbons (Fsp3) is 0.556. The van der Waals surface area contributed by atoms with E-state index >= 15 is 0 Å². The number of piperidine rings is 1. The molecule has 2 amide bonds. The normalized spacial score (nSPS) is 21.2. The zero-order valence-corrected chi connectivity index (χ0v) is 15.4. The minimum absolute atomic E-state index is 0.00417. The highest BCUT2D eigenvalue weighted by Gasteiger charge is 2.28. The number of benzene rings is 1. The monoisotopic (exact) mass is 352 g/mol. The van der Waals surface area contributed by atoms with E-state index in [2.05, 4.69) is 10.6 Å². The van der Waals surface area contributed by atoms with Crippen molar-refractivity contribution in [2.45, 2.75) is 39.7 Å². The molecule has 3 N–H and O–H groups in total. The number of halogens is 1. The number of carbonyl (C=O) groups excluding carboxylic acids is 2. The minimum Gasteiger partial charge on any atom is -0.352 e. The third kappa shape index (κ3) is 5.80. The predicted molar refractivity (Wildman–Crippen MR) is 96.3 cm³/mol. The molecule has 1 aliphatic rings. The Morgan fingerprint density at radius 1 is 1.17 bits per heavy atom. The number of likely N-dealkylation sites (tertiary alicyclic amines) is 1. The number of quaternary nitrogens is 1. The van der Waals surface area contributed by atoms with Crippen LogP contribution in [-0.4, -0.2) is 37.5 Å². The van der Waals surface area contributed by atoms with Gasteiger partial charge in [-0.25, -0.2) is 0 Å². The molecular formula is C18H27ClN3O2+. The molecule has 1 heterocycles. The molecule has 1 aromatic carbocycles. The quantitative estimate of drug-likeness (QED) is 0.768. The molecule has 0 atom stereocenters. The molecule has 0 radical (unpaired) electrons. The number of hydrogen-bond acceptors (Lipinski definition) is 2. The van der Waals surface area contributed by atoms with E-state index < -0.39 is 0 Å². The highest BCUT2D eigenvalue weighted by atomic mass is 35.5. The molecule has 1 fully saturated rings. The number of hydrogen-bond donors (Lipinski definition) is 3. The van der Waals surface area contributed by atoms with Crippen molar-refractivity contribution < 1.29 is 14.5 Å². The Kier molecular flexibility index (Phi) is 6.24. The molecule has 5 nitrogen and oxygen atoms in total. The van der Waals surface area contributed by atoms with Gasteiger partial charge in [0, 0.05) is 35.0 Å². The fourth-order valence-corrected chi connectivity index (χ4v) is 2.84. The third-order valence-corrected chi connectivity index (χ3v) is 4.50. The van der Waals surface area contributed by atoms with Gasteiger partial charge < -0.3 is 15.5 Å². The average molecular weight is 353 g/mol. The summed E-state index contributed by atoms with van der Waals surface area (Å²) in [5.74, 6) is 0.0981. The van der Waals surface area contributed by atoms with Crippen LogP contribution in [-0.2, 0) is 9.59 Å². The second-order valence-electron chi connectivity index (χ2n) is 7.48. The molecular weight excluding hydrogens is 326 g/mol. The van der Waals surface area contributed by atoms with E-state index in [9.17, 15) is 9.59 Å². The molecule has 2 rings (SSSR count). The summed E-state index contributed by atoms with van der Waals surface area (Å²) in [6.07, 6.45) is 1.82. The van der Waals surface area contributed by atoms with Crippen LogP contribution in [0.15, 0.2) is 24.3 Å². The predicted octanol–water partition coefficient (Wildman–Crippen LogP) is 1.49. The molecule has 0 aliphatic carbocycles. The smallest absolute Gasteiger partial charge is 0.279 e. The second-order valence-corrected chi connectivity index (χ2v) is 7.92. The molecule has 1 saturated heterocycles. The SMILES string of the molecule is CC(C)(C)C(=O)NC1CC[NH+](CC(=O)Nc2ccc(Cl)cc2)CC1. The molecule has 1 aromatic rings. The van der Waals surface area contributed by atoms with Gasteiger partial charge in [-0.1, -0.05) is 32.4 Å². The maximum atomic E-state index is 12.1. The zero-order chi connectivity index (χ0) is 17.7. The molecule has 6 heteroatoms. The summed E-state index contributed by atoms with van der Waals surface area (Å²) < 4.78 is 0. The Bertz CT molecular complexity index is 573. The summed E-state index contributed by atoms with van der Waals surface area (Å²) in [5, 5.41) is 6.66. The topological polar surface area (TPSA) is 62.6 Å². The van der Waals surface area contributed by atoms with Crippen molar-refractivity contribution >= 4 is 29.1 Å². The first kappa shape index (κ1) is 18.7. The lowest BCUT2D eigenvalue weighted by Gasteiger charge is -2.31. The Morgan fingerprint density at radius 3 is 2.29 bits per heavy atom. The van der Waals surface area contributed by atoms with Gasteiger partial charge >= 0.3 is 0 Å². The lowest BCUT2D eigenvalue weighted by Crippen LogP contribution is -3.14. The summed E-state index contributed by atoms with van der Waals surface area (Å²) in [6.45, 7) is 7.99. The summed E-state index contributed by atoms with van der Waals surface area (Å²) in [5.41, 5.74) is 0.402. The standard InChI is InChI=1S/C18H26ClN3O2/c1-18(2,3)17(24)21-15-8-10-22(11-9-15)12-16(23)20-14-6-4-13(19)5-7-14/h4-7,15H,8-12H2,1-3H3,(H,20,23)(H,21,24)/p+1. The fourth-order valence-electron chi connectivity index (χ4n) is 2.71. The average Bonchev–Trinajstić information content (AvgIpc) is 2.50. The van der Waals surface area contributed by atoms with Crippen LogP contribution >= 0.6 is 11.6 Å². The first-order chi connectivity index (χ1) is 11.2. The van der Waals surface area contributed by atoms with Gasteiger partial charge in [0.25, 0.3) is 5.91 Å². The van der Waals surface area contributed by atoms with Crippen LogP contribution in [0.1, 0.15) is 33.6 Å². The van der Waals surface area contributed by atoms with E-state index in [-0.39, 0.29) is 23.3 Å². The number of rotatable bonds is 4. The summed E-state index contributed by atoms with van der Waals surface area (Å²) >= 11 is 5.83.